The lowest BCUT2D eigenvalue weighted by Gasteiger charge is -2.49. The average molecular weight is 582 g/mol. The zero-order valence-electron chi connectivity index (χ0n) is 16.4. The lowest BCUT2D eigenvalue weighted by molar-refractivity contribution is -0.583. The molecule has 0 aromatic rings. The molecule has 0 saturated heterocycles. The fourth-order valence-electron chi connectivity index (χ4n) is 2.27. The Morgan fingerprint density at radius 3 is 1.22 bits per heavy atom. The first-order valence-electron chi connectivity index (χ1n) is 8.33. The van der Waals surface area contributed by atoms with Gasteiger partial charge in [0, 0.05) is 12.3 Å². The molecule has 214 valence electrons. The van der Waals surface area contributed by atoms with Crippen molar-refractivity contribution >= 4 is 0 Å². The summed E-state index contributed by atoms with van der Waals surface area (Å²) in [6.45, 7) is 0.981. The smallest absolute Gasteiger partial charge is 0.269 e. The minimum atomic E-state index is -7.60. The summed E-state index contributed by atoms with van der Waals surface area (Å²) in [4.78, 5) is 0. The number of alkyl halides is 18. The largest absolute Gasteiger partial charge is 0.527 e. The van der Waals surface area contributed by atoms with Crippen molar-refractivity contribution in [3.05, 3.63) is 12.2 Å². The van der Waals surface area contributed by atoms with Crippen LogP contribution in [0.1, 0.15) is 13.3 Å². The zero-order chi connectivity index (χ0) is 29.0. The Morgan fingerprint density at radius 1 is 0.583 bits per heavy atom. The topological polar surface area (TPSA) is 36.9 Å². The van der Waals surface area contributed by atoms with E-state index < -0.39 is 67.1 Å². The van der Waals surface area contributed by atoms with Crippen LogP contribution in [-0.4, -0.2) is 54.8 Å². The lowest BCUT2D eigenvalue weighted by atomic mass is 9.75. The molecule has 0 aliphatic heterocycles. The molecule has 0 heterocycles. The number of hydrogen-bond donors (Lipinski definition) is 0. The Labute approximate surface area is 185 Å². The predicted octanol–water partition coefficient (Wildman–Crippen LogP) is 7.03. The van der Waals surface area contributed by atoms with Crippen LogP contribution in [-0.2, 0) is 18.9 Å². The Balaban J connectivity index is 3.20. The summed E-state index contributed by atoms with van der Waals surface area (Å²) in [5.41, 5.74) is 0. The molecule has 0 bridgehead atoms. The second kappa shape index (κ2) is 8.96. The van der Waals surface area contributed by atoms with Crippen LogP contribution >= 0.6 is 0 Å². The van der Waals surface area contributed by atoms with Crippen LogP contribution < -0.4 is 0 Å². The van der Waals surface area contributed by atoms with E-state index in [1.807, 2.05) is 0 Å². The first-order valence-corrected chi connectivity index (χ1v) is 8.33. The molecule has 4 nitrogen and oxygen atoms in total. The first-order chi connectivity index (χ1) is 15.5. The summed E-state index contributed by atoms with van der Waals surface area (Å²) < 4.78 is 241. The summed E-state index contributed by atoms with van der Waals surface area (Å²) in [7, 11) is 0. The van der Waals surface area contributed by atoms with E-state index in [1.54, 1.807) is 4.74 Å². The highest BCUT2D eigenvalue weighted by Crippen LogP contribution is 2.59. The first kappa shape index (κ1) is 32.3. The van der Waals surface area contributed by atoms with E-state index >= 15 is 0 Å². The molecule has 36 heavy (non-hydrogen) atoms. The van der Waals surface area contributed by atoms with Crippen molar-refractivity contribution in [2.75, 3.05) is 0 Å². The molecular formula is C14H8F18O4. The number of hydrogen-bond acceptors (Lipinski definition) is 4. The van der Waals surface area contributed by atoms with Crippen LogP contribution in [0, 0.1) is 5.92 Å². The molecule has 2 atom stereocenters. The third-order valence-electron chi connectivity index (χ3n) is 3.93. The third-order valence-corrected chi connectivity index (χ3v) is 3.93. The van der Waals surface area contributed by atoms with E-state index in [0.717, 1.165) is 13.0 Å². The molecular weight excluding hydrogens is 574 g/mol. The Hall–Kier alpha value is -1.68. The molecule has 1 saturated carbocycles. The van der Waals surface area contributed by atoms with Crippen LogP contribution in [0.3, 0.4) is 0 Å². The summed E-state index contributed by atoms with van der Waals surface area (Å²) in [5.74, 6) is -12.5. The highest BCUT2D eigenvalue weighted by molar-refractivity contribution is 5.12. The van der Waals surface area contributed by atoms with Crippen LogP contribution in [0.15, 0.2) is 12.2 Å². The predicted molar refractivity (Wildman–Crippen MR) is 71.8 cm³/mol. The van der Waals surface area contributed by atoms with Gasteiger partial charge in [-0.15, -0.1) is 13.2 Å². The maximum Gasteiger partial charge on any atom is 0.527 e. The van der Waals surface area contributed by atoms with Gasteiger partial charge in [0.15, 0.2) is 0 Å². The molecule has 0 unspecified atom stereocenters. The maximum absolute atomic E-state index is 14.2. The standard InChI is InChI=1S/C14H8F18O4/c1-2-3-5-4-6(15,16)7(5,17)33-8(18,19)9(20,21)34-10(22,23)11(24,25)35-12(26,27)13(28,29)36-14(30,31)32/h2-3,5H,4H2,1H3/b3-2+/t5-,7+/m1/s1. The molecule has 0 radical (unpaired) electrons. The van der Waals surface area contributed by atoms with Gasteiger partial charge in [-0.2, -0.15) is 52.7 Å². The van der Waals surface area contributed by atoms with Gasteiger partial charge in [0.05, 0.1) is 0 Å². The summed E-state index contributed by atoms with van der Waals surface area (Å²) in [5, 5.41) is 0. The van der Waals surface area contributed by atoms with Gasteiger partial charge in [-0.25, -0.2) is 27.4 Å². The highest BCUT2D eigenvalue weighted by atomic mass is 19.4. The van der Waals surface area contributed by atoms with Gasteiger partial charge < -0.3 is 0 Å². The normalized spacial score (nSPS) is 24.8. The number of halogens is 18. The van der Waals surface area contributed by atoms with E-state index in [-0.39, 0.29) is 0 Å². The van der Waals surface area contributed by atoms with Crippen molar-refractivity contribution in [1.82, 2.24) is 0 Å². The SMILES string of the molecule is C/C=C/[C@@H]1CC(F)(F)[C@@]1(F)OC(F)(F)C(F)(F)OC(F)(F)C(F)(F)OC(F)(F)C(F)(F)OC(F)(F)F. The molecule has 0 aromatic heterocycles. The second-order valence-corrected chi connectivity index (χ2v) is 6.64. The van der Waals surface area contributed by atoms with Crippen molar-refractivity contribution in [3.63, 3.8) is 0 Å². The molecule has 0 amide bonds. The van der Waals surface area contributed by atoms with Crippen molar-refractivity contribution in [2.24, 2.45) is 5.92 Å². The number of rotatable bonds is 11. The van der Waals surface area contributed by atoms with Gasteiger partial charge in [-0.05, 0) is 6.92 Å². The highest BCUT2D eigenvalue weighted by Gasteiger charge is 2.80. The molecule has 1 fully saturated rings. The second-order valence-electron chi connectivity index (χ2n) is 6.64. The maximum atomic E-state index is 14.2. The Bertz CT molecular complexity index is 821. The van der Waals surface area contributed by atoms with Crippen molar-refractivity contribution in [3.8, 4) is 0 Å². The summed E-state index contributed by atoms with van der Waals surface area (Å²) >= 11 is 0. The molecule has 0 N–H and O–H groups in total. The molecule has 0 aromatic carbocycles. The average Bonchev–Trinajstić information content (AvgIpc) is 2.56. The Morgan fingerprint density at radius 2 is 0.917 bits per heavy atom. The fraction of sp³-hybridized carbons (Fsp3) is 0.857. The molecule has 1 rings (SSSR count). The van der Waals surface area contributed by atoms with Crippen molar-refractivity contribution in [2.45, 2.75) is 68.1 Å². The lowest BCUT2D eigenvalue weighted by Crippen LogP contribution is -2.67. The minimum Gasteiger partial charge on any atom is -0.269 e. The van der Waals surface area contributed by atoms with Crippen LogP contribution in [0.25, 0.3) is 0 Å². The van der Waals surface area contributed by atoms with Crippen molar-refractivity contribution in [1.29, 1.82) is 0 Å². The van der Waals surface area contributed by atoms with E-state index in [2.05, 4.69) is 4.74 Å². The number of allylic oxidation sites excluding steroid dienone is 1. The van der Waals surface area contributed by atoms with Gasteiger partial charge in [0.2, 0.25) is 0 Å². The van der Waals surface area contributed by atoms with E-state index in [1.165, 1.54) is 9.47 Å². The van der Waals surface area contributed by atoms with Crippen LogP contribution in [0.5, 0.6) is 0 Å². The van der Waals surface area contributed by atoms with Gasteiger partial charge in [0.25, 0.3) is 5.85 Å². The van der Waals surface area contributed by atoms with Gasteiger partial charge in [0.1, 0.15) is 0 Å². The molecule has 1 aliphatic carbocycles. The quantitative estimate of drug-likeness (QED) is 0.194. The molecule has 22 heteroatoms. The fourth-order valence-corrected chi connectivity index (χ4v) is 2.27. The Kier molecular flexibility index (Phi) is 8.05. The van der Waals surface area contributed by atoms with Gasteiger partial charge in [-0.3, -0.25) is 4.74 Å². The van der Waals surface area contributed by atoms with Crippen molar-refractivity contribution < 1.29 is 98.0 Å². The van der Waals surface area contributed by atoms with Gasteiger partial charge >= 0.3 is 48.9 Å². The summed E-state index contributed by atoms with van der Waals surface area (Å²) in [6.07, 6.45) is -51.6. The summed E-state index contributed by atoms with van der Waals surface area (Å²) in [6, 6.07) is 0. The molecule has 1 aliphatic rings. The van der Waals surface area contributed by atoms with E-state index in [0.29, 0.717) is 6.08 Å². The molecule has 0 spiro atoms. The third kappa shape index (κ3) is 6.06. The van der Waals surface area contributed by atoms with E-state index in [9.17, 15) is 79.0 Å². The van der Waals surface area contributed by atoms with Gasteiger partial charge in [-0.1, -0.05) is 12.2 Å². The van der Waals surface area contributed by atoms with Crippen LogP contribution in [0.4, 0.5) is 79.0 Å². The number of ether oxygens (including phenoxy) is 4. The van der Waals surface area contributed by atoms with E-state index in [4.69, 9.17) is 0 Å². The monoisotopic (exact) mass is 582 g/mol. The van der Waals surface area contributed by atoms with Crippen LogP contribution in [0.2, 0.25) is 0 Å². The minimum absolute atomic E-state index is 0.356. The zero-order valence-corrected chi connectivity index (χ0v) is 16.4.